The van der Waals surface area contributed by atoms with Crippen LogP contribution in [0.15, 0.2) is 47.5 Å². The number of hydrogen-bond acceptors (Lipinski definition) is 3. The smallest absolute Gasteiger partial charge is 0.275 e. The number of H-pyrrole nitrogens is 1. The fourth-order valence-electron chi connectivity index (χ4n) is 1.68. The summed E-state index contributed by atoms with van der Waals surface area (Å²) in [5.41, 5.74) is 1.33. The predicted molar refractivity (Wildman–Crippen MR) is 59.5 cm³/mol. The second-order valence-corrected chi connectivity index (χ2v) is 3.35. The van der Waals surface area contributed by atoms with Crippen LogP contribution in [0.25, 0.3) is 16.9 Å². The maximum Gasteiger partial charge on any atom is 0.275 e. The van der Waals surface area contributed by atoms with Crippen molar-refractivity contribution in [3.63, 3.8) is 0 Å². The molecule has 2 aromatic heterocycles. The molecule has 16 heavy (non-hydrogen) atoms. The van der Waals surface area contributed by atoms with Crippen molar-refractivity contribution < 1.29 is 0 Å². The van der Waals surface area contributed by atoms with Gasteiger partial charge in [0.05, 0.1) is 17.2 Å². The van der Waals surface area contributed by atoms with E-state index in [2.05, 4.69) is 15.2 Å². The van der Waals surface area contributed by atoms with Crippen LogP contribution in [-0.4, -0.2) is 19.7 Å². The van der Waals surface area contributed by atoms with Gasteiger partial charge in [-0.1, -0.05) is 12.1 Å². The van der Waals surface area contributed by atoms with Crippen molar-refractivity contribution in [3.05, 3.63) is 53.1 Å². The molecule has 2 heterocycles. The normalized spacial score (nSPS) is 10.8. The molecule has 3 rings (SSSR count). The Balaban J connectivity index is 2.47. The fourth-order valence-corrected chi connectivity index (χ4v) is 1.68. The van der Waals surface area contributed by atoms with Gasteiger partial charge in [-0.25, -0.2) is 4.98 Å². The molecule has 5 heteroatoms. The zero-order chi connectivity index (χ0) is 11.0. The van der Waals surface area contributed by atoms with Gasteiger partial charge in [0.25, 0.3) is 5.56 Å². The average Bonchev–Trinajstić information content (AvgIpc) is 2.82. The average molecular weight is 212 g/mol. The van der Waals surface area contributed by atoms with Crippen LogP contribution in [0.2, 0.25) is 0 Å². The Hall–Kier alpha value is -2.43. The molecule has 0 fully saturated rings. The maximum absolute atomic E-state index is 11.8. The first-order chi connectivity index (χ1) is 7.86. The Kier molecular flexibility index (Phi) is 1.83. The number of nitrogens with one attached hydrogen (secondary N) is 1. The van der Waals surface area contributed by atoms with E-state index in [0.29, 0.717) is 5.82 Å². The minimum atomic E-state index is -0.189. The Morgan fingerprint density at radius 1 is 1.19 bits per heavy atom. The summed E-state index contributed by atoms with van der Waals surface area (Å²) in [6.07, 6.45) is 2.98. The van der Waals surface area contributed by atoms with E-state index in [1.54, 1.807) is 12.3 Å². The third kappa shape index (κ3) is 1.22. The molecule has 1 aromatic carbocycles. The molecule has 0 radical (unpaired) electrons. The largest absolute Gasteiger partial charge is 0.284 e. The lowest BCUT2D eigenvalue weighted by atomic mass is 10.3. The molecule has 0 saturated heterocycles. The minimum Gasteiger partial charge on any atom is -0.284 e. The number of fused-ring (bicyclic) bond motifs is 1. The van der Waals surface area contributed by atoms with Crippen molar-refractivity contribution >= 4 is 11.0 Å². The summed E-state index contributed by atoms with van der Waals surface area (Å²) >= 11 is 0. The van der Waals surface area contributed by atoms with Gasteiger partial charge in [0, 0.05) is 12.3 Å². The van der Waals surface area contributed by atoms with Crippen molar-refractivity contribution in [2.24, 2.45) is 0 Å². The van der Waals surface area contributed by atoms with E-state index >= 15 is 0 Å². The first-order valence-corrected chi connectivity index (χ1v) is 4.83. The van der Waals surface area contributed by atoms with Crippen molar-refractivity contribution in [1.29, 1.82) is 0 Å². The standard InChI is InChI=1S/C11H8N4O/c16-11-7-12-8-3-1-2-4-9(8)15(11)10-5-6-13-14-10/h1-7H,(H,13,14). The highest BCUT2D eigenvalue weighted by Gasteiger charge is 2.06. The number of benzene rings is 1. The van der Waals surface area contributed by atoms with Crippen LogP contribution in [0, 0.1) is 0 Å². The molecular weight excluding hydrogens is 204 g/mol. The van der Waals surface area contributed by atoms with Crippen LogP contribution in [-0.2, 0) is 0 Å². The molecule has 0 aliphatic rings. The first kappa shape index (κ1) is 8.84. The maximum atomic E-state index is 11.8. The Morgan fingerprint density at radius 2 is 2.06 bits per heavy atom. The van der Waals surface area contributed by atoms with Gasteiger partial charge in [-0.3, -0.25) is 14.5 Å². The summed E-state index contributed by atoms with van der Waals surface area (Å²) in [5, 5.41) is 6.70. The molecule has 5 nitrogen and oxygen atoms in total. The molecule has 1 N–H and O–H groups in total. The molecule has 78 valence electrons. The number of para-hydroxylation sites is 2. The quantitative estimate of drug-likeness (QED) is 0.657. The summed E-state index contributed by atoms with van der Waals surface area (Å²) in [6, 6.07) is 9.20. The van der Waals surface area contributed by atoms with Crippen LogP contribution >= 0.6 is 0 Å². The second kappa shape index (κ2) is 3.30. The lowest BCUT2D eigenvalue weighted by molar-refractivity contribution is 0.938. The highest BCUT2D eigenvalue weighted by Crippen LogP contribution is 2.11. The molecule has 0 bridgehead atoms. The van der Waals surface area contributed by atoms with Crippen LogP contribution < -0.4 is 5.56 Å². The molecule has 0 amide bonds. The van der Waals surface area contributed by atoms with E-state index in [1.807, 2.05) is 24.3 Å². The van der Waals surface area contributed by atoms with Gasteiger partial charge in [-0.05, 0) is 12.1 Å². The highest BCUT2D eigenvalue weighted by atomic mass is 16.1. The van der Waals surface area contributed by atoms with E-state index in [1.165, 1.54) is 10.8 Å². The highest BCUT2D eigenvalue weighted by molar-refractivity contribution is 5.75. The Bertz CT molecular complexity index is 685. The van der Waals surface area contributed by atoms with Crippen molar-refractivity contribution in [2.75, 3.05) is 0 Å². The number of nitrogens with zero attached hydrogens (tertiary/aromatic N) is 3. The van der Waals surface area contributed by atoms with E-state index < -0.39 is 0 Å². The number of hydrogen-bond donors (Lipinski definition) is 1. The van der Waals surface area contributed by atoms with Crippen molar-refractivity contribution in [3.8, 4) is 5.82 Å². The lowest BCUT2D eigenvalue weighted by Gasteiger charge is -2.05. The Morgan fingerprint density at radius 3 is 2.88 bits per heavy atom. The second-order valence-electron chi connectivity index (χ2n) is 3.35. The van der Waals surface area contributed by atoms with Crippen LogP contribution in [0.4, 0.5) is 0 Å². The summed E-state index contributed by atoms with van der Waals surface area (Å²) in [4.78, 5) is 15.9. The van der Waals surface area contributed by atoms with E-state index in [9.17, 15) is 4.79 Å². The van der Waals surface area contributed by atoms with Crippen LogP contribution in [0.3, 0.4) is 0 Å². The third-order valence-electron chi connectivity index (χ3n) is 2.37. The topological polar surface area (TPSA) is 63.6 Å². The lowest BCUT2D eigenvalue weighted by Crippen LogP contribution is -2.18. The van der Waals surface area contributed by atoms with Gasteiger partial charge >= 0.3 is 0 Å². The van der Waals surface area contributed by atoms with E-state index in [-0.39, 0.29) is 5.56 Å². The Labute approximate surface area is 90.4 Å². The summed E-state index contributed by atoms with van der Waals surface area (Å²) in [7, 11) is 0. The van der Waals surface area contributed by atoms with Gasteiger partial charge in [0.1, 0.15) is 0 Å². The van der Waals surface area contributed by atoms with Gasteiger partial charge < -0.3 is 0 Å². The van der Waals surface area contributed by atoms with Crippen LogP contribution in [0.1, 0.15) is 0 Å². The first-order valence-electron chi connectivity index (χ1n) is 4.83. The molecule has 0 saturated carbocycles. The fraction of sp³-hybridized carbons (Fsp3) is 0. The molecule has 0 aliphatic carbocycles. The SMILES string of the molecule is O=c1cnc2ccccc2n1-c1cc[nH]n1. The summed E-state index contributed by atoms with van der Waals surface area (Å²) in [5.74, 6) is 0.573. The van der Waals surface area contributed by atoms with Gasteiger partial charge in [-0.2, -0.15) is 5.10 Å². The number of rotatable bonds is 1. The van der Waals surface area contributed by atoms with Crippen molar-refractivity contribution in [2.45, 2.75) is 0 Å². The molecule has 0 atom stereocenters. The van der Waals surface area contributed by atoms with E-state index in [4.69, 9.17) is 0 Å². The van der Waals surface area contributed by atoms with E-state index in [0.717, 1.165) is 11.0 Å². The van der Waals surface area contributed by atoms with Crippen LogP contribution in [0.5, 0.6) is 0 Å². The molecule has 0 unspecified atom stereocenters. The van der Waals surface area contributed by atoms with Gasteiger partial charge in [0.2, 0.25) is 0 Å². The monoisotopic (exact) mass is 212 g/mol. The molecule has 0 aliphatic heterocycles. The molecule has 0 spiro atoms. The zero-order valence-electron chi connectivity index (χ0n) is 8.29. The van der Waals surface area contributed by atoms with Gasteiger partial charge in [-0.15, -0.1) is 0 Å². The number of aromatic amines is 1. The minimum absolute atomic E-state index is 0.189. The molecule has 3 aromatic rings. The van der Waals surface area contributed by atoms with Gasteiger partial charge in [0.15, 0.2) is 5.82 Å². The zero-order valence-corrected chi connectivity index (χ0v) is 8.29. The number of aromatic nitrogens is 4. The predicted octanol–water partition coefficient (Wildman–Crippen LogP) is 1.11. The molecular formula is C11H8N4O. The summed E-state index contributed by atoms with van der Waals surface area (Å²) < 4.78 is 1.53. The summed E-state index contributed by atoms with van der Waals surface area (Å²) in [6.45, 7) is 0. The third-order valence-corrected chi connectivity index (χ3v) is 2.37. The van der Waals surface area contributed by atoms with Crippen molar-refractivity contribution in [1.82, 2.24) is 19.7 Å².